The standard InChI is InChI=1S/C21H24N2O3/c24-20(14-26-19-10-7-15-4-1-2-5-16(15)12-19)23-11-3-6-17(13-23)21(25)22-18-8-9-18/h1-2,4-5,7,10,12,17-18H,3,6,8-9,11,13-14H2,(H,22,25)/t17-/m1/s1. The van der Waals surface area contributed by atoms with E-state index in [-0.39, 0.29) is 24.3 Å². The zero-order valence-corrected chi connectivity index (χ0v) is 14.8. The monoisotopic (exact) mass is 352 g/mol. The first-order chi connectivity index (χ1) is 12.7. The molecule has 0 spiro atoms. The van der Waals surface area contributed by atoms with Gasteiger partial charge in [0.2, 0.25) is 5.91 Å². The Bertz CT molecular complexity index is 816. The Labute approximate surface area is 153 Å². The maximum absolute atomic E-state index is 12.5. The first kappa shape index (κ1) is 16.9. The lowest BCUT2D eigenvalue weighted by molar-refractivity contribution is -0.137. The van der Waals surface area contributed by atoms with Gasteiger partial charge in [-0.05, 0) is 48.6 Å². The van der Waals surface area contributed by atoms with Gasteiger partial charge in [0.1, 0.15) is 5.75 Å². The maximum Gasteiger partial charge on any atom is 0.260 e. The van der Waals surface area contributed by atoms with E-state index in [1.807, 2.05) is 42.5 Å². The van der Waals surface area contributed by atoms with Crippen molar-refractivity contribution in [1.29, 1.82) is 0 Å². The third-order valence-electron chi connectivity index (χ3n) is 5.15. The van der Waals surface area contributed by atoms with Gasteiger partial charge < -0.3 is 15.0 Å². The molecular formula is C21H24N2O3. The summed E-state index contributed by atoms with van der Waals surface area (Å²) in [7, 11) is 0. The van der Waals surface area contributed by atoms with Gasteiger partial charge in [-0.15, -0.1) is 0 Å². The van der Waals surface area contributed by atoms with Gasteiger partial charge >= 0.3 is 0 Å². The molecule has 1 atom stereocenters. The van der Waals surface area contributed by atoms with Gasteiger partial charge in [0, 0.05) is 19.1 Å². The molecule has 1 aliphatic carbocycles. The molecular weight excluding hydrogens is 328 g/mol. The molecule has 0 bridgehead atoms. The van der Waals surface area contributed by atoms with Gasteiger partial charge in [-0.25, -0.2) is 0 Å². The fraction of sp³-hybridized carbons (Fsp3) is 0.429. The van der Waals surface area contributed by atoms with Gasteiger partial charge in [-0.2, -0.15) is 0 Å². The predicted octanol–water partition coefficient (Wildman–Crippen LogP) is 2.74. The molecule has 0 unspecified atom stereocenters. The van der Waals surface area contributed by atoms with Crippen molar-refractivity contribution in [3.8, 4) is 5.75 Å². The molecule has 2 fully saturated rings. The summed E-state index contributed by atoms with van der Waals surface area (Å²) in [6.07, 6.45) is 3.89. The number of piperidine rings is 1. The molecule has 5 heteroatoms. The number of nitrogens with zero attached hydrogens (tertiary/aromatic N) is 1. The molecule has 5 nitrogen and oxygen atoms in total. The minimum atomic E-state index is -0.0889. The molecule has 0 radical (unpaired) electrons. The molecule has 1 N–H and O–H groups in total. The number of ether oxygens (including phenoxy) is 1. The minimum Gasteiger partial charge on any atom is -0.484 e. The van der Waals surface area contributed by atoms with Gasteiger partial charge in [0.05, 0.1) is 5.92 Å². The second-order valence-corrected chi connectivity index (χ2v) is 7.26. The molecule has 2 amide bonds. The molecule has 136 valence electrons. The Morgan fingerprint density at radius 3 is 2.69 bits per heavy atom. The van der Waals surface area contributed by atoms with Gasteiger partial charge in [-0.3, -0.25) is 9.59 Å². The SMILES string of the molecule is O=C(NC1CC1)[C@@H]1CCCN(C(=O)COc2ccc3ccccc3c2)C1. The Balaban J connectivity index is 1.32. The minimum absolute atomic E-state index is 0.00923. The molecule has 2 aromatic rings. The van der Waals surface area contributed by atoms with E-state index in [0.29, 0.717) is 24.9 Å². The van der Waals surface area contributed by atoms with Crippen molar-refractivity contribution < 1.29 is 14.3 Å². The van der Waals surface area contributed by atoms with Crippen LogP contribution in [0.15, 0.2) is 42.5 Å². The predicted molar refractivity (Wildman–Crippen MR) is 99.9 cm³/mol. The van der Waals surface area contributed by atoms with Crippen LogP contribution in [-0.4, -0.2) is 42.5 Å². The van der Waals surface area contributed by atoms with E-state index < -0.39 is 0 Å². The Kier molecular flexibility index (Phi) is 4.78. The van der Waals surface area contributed by atoms with Crippen LogP contribution in [0.2, 0.25) is 0 Å². The van der Waals surface area contributed by atoms with E-state index >= 15 is 0 Å². The second-order valence-electron chi connectivity index (χ2n) is 7.26. The number of likely N-dealkylation sites (tertiary alicyclic amines) is 1. The van der Waals surface area contributed by atoms with Crippen LogP contribution in [0, 0.1) is 5.92 Å². The number of rotatable bonds is 5. The molecule has 1 saturated carbocycles. The third kappa shape index (κ3) is 3.98. The van der Waals surface area contributed by atoms with E-state index in [1.165, 1.54) is 0 Å². The lowest BCUT2D eigenvalue weighted by Gasteiger charge is -2.32. The second kappa shape index (κ2) is 7.36. The molecule has 0 aromatic heterocycles. The van der Waals surface area contributed by atoms with E-state index in [9.17, 15) is 9.59 Å². The van der Waals surface area contributed by atoms with Crippen LogP contribution in [0.4, 0.5) is 0 Å². The highest BCUT2D eigenvalue weighted by molar-refractivity contribution is 5.84. The summed E-state index contributed by atoms with van der Waals surface area (Å²) in [4.78, 5) is 26.5. The Hall–Kier alpha value is -2.56. The highest BCUT2D eigenvalue weighted by Gasteiger charge is 2.31. The zero-order chi connectivity index (χ0) is 17.9. The van der Waals surface area contributed by atoms with Gasteiger partial charge in [-0.1, -0.05) is 30.3 Å². The van der Waals surface area contributed by atoms with Crippen molar-refractivity contribution >= 4 is 22.6 Å². The third-order valence-corrected chi connectivity index (χ3v) is 5.15. The first-order valence-corrected chi connectivity index (χ1v) is 9.39. The first-order valence-electron chi connectivity index (χ1n) is 9.39. The number of carbonyl (C=O) groups excluding carboxylic acids is 2. The van der Waals surface area contributed by atoms with Gasteiger partial charge in [0.15, 0.2) is 6.61 Å². The van der Waals surface area contributed by atoms with Crippen molar-refractivity contribution in [2.24, 2.45) is 5.92 Å². The zero-order valence-electron chi connectivity index (χ0n) is 14.8. The van der Waals surface area contributed by atoms with Crippen LogP contribution in [0.1, 0.15) is 25.7 Å². The van der Waals surface area contributed by atoms with E-state index in [1.54, 1.807) is 4.90 Å². The number of hydrogen-bond donors (Lipinski definition) is 1. The quantitative estimate of drug-likeness (QED) is 0.900. The van der Waals surface area contributed by atoms with Crippen molar-refractivity contribution in [2.45, 2.75) is 31.7 Å². The van der Waals surface area contributed by atoms with Crippen molar-refractivity contribution in [3.63, 3.8) is 0 Å². The normalized spacial score (nSPS) is 20.0. The van der Waals surface area contributed by atoms with E-state index in [4.69, 9.17) is 4.74 Å². The van der Waals surface area contributed by atoms with Crippen LogP contribution < -0.4 is 10.1 Å². The molecule has 4 rings (SSSR count). The van der Waals surface area contributed by atoms with Crippen LogP contribution in [0.3, 0.4) is 0 Å². The summed E-state index contributed by atoms with van der Waals surface area (Å²) in [5, 5.41) is 5.28. The van der Waals surface area contributed by atoms with Gasteiger partial charge in [0.25, 0.3) is 5.91 Å². The fourth-order valence-corrected chi connectivity index (χ4v) is 3.46. The highest BCUT2D eigenvalue weighted by Crippen LogP contribution is 2.23. The number of carbonyl (C=O) groups is 2. The van der Waals surface area contributed by atoms with Crippen LogP contribution >= 0.6 is 0 Å². The molecule has 26 heavy (non-hydrogen) atoms. The largest absolute Gasteiger partial charge is 0.484 e. The van der Waals surface area contributed by atoms with Crippen LogP contribution in [0.5, 0.6) is 5.75 Å². The number of fused-ring (bicyclic) bond motifs is 1. The lowest BCUT2D eigenvalue weighted by atomic mass is 9.97. The number of amides is 2. The molecule has 1 aliphatic heterocycles. The summed E-state index contributed by atoms with van der Waals surface area (Å²) in [6.45, 7) is 1.21. The Morgan fingerprint density at radius 2 is 1.88 bits per heavy atom. The lowest BCUT2D eigenvalue weighted by Crippen LogP contribution is -2.47. The smallest absolute Gasteiger partial charge is 0.260 e. The molecule has 2 aliphatic rings. The fourth-order valence-electron chi connectivity index (χ4n) is 3.46. The molecule has 1 heterocycles. The number of hydrogen-bond acceptors (Lipinski definition) is 3. The van der Waals surface area contributed by atoms with Crippen molar-refractivity contribution in [2.75, 3.05) is 19.7 Å². The average Bonchev–Trinajstić information content (AvgIpc) is 3.50. The summed E-state index contributed by atoms with van der Waals surface area (Å²) in [5.74, 6) is 0.647. The summed E-state index contributed by atoms with van der Waals surface area (Å²) in [5.41, 5.74) is 0. The molecule has 2 aromatic carbocycles. The topological polar surface area (TPSA) is 58.6 Å². The number of benzene rings is 2. The van der Waals surface area contributed by atoms with Crippen LogP contribution in [0.25, 0.3) is 10.8 Å². The van der Waals surface area contributed by atoms with E-state index in [0.717, 1.165) is 36.5 Å². The van der Waals surface area contributed by atoms with Crippen molar-refractivity contribution in [3.05, 3.63) is 42.5 Å². The summed E-state index contributed by atoms with van der Waals surface area (Å²) < 4.78 is 5.71. The Morgan fingerprint density at radius 1 is 1.08 bits per heavy atom. The van der Waals surface area contributed by atoms with Crippen molar-refractivity contribution in [1.82, 2.24) is 10.2 Å². The van der Waals surface area contributed by atoms with E-state index in [2.05, 4.69) is 5.32 Å². The average molecular weight is 352 g/mol. The molecule has 1 saturated heterocycles. The highest BCUT2D eigenvalue weighted by atomic mass is 16.5. The van der Waals surface area contributed by atoms with Crippen LogP contribution in [-0.2, 0) is 9.59 Å². The summed E-state index contributed by atoms with van der Waals surface area (Å²) >= 11 is 0. The number of nitrogens with one attached hydrogen (secondary N) is 1. The maximum atomic E-state index is 12.5. The summed E-state index contributed by atoms with van der Waals surface area (Å²) in [6, 6.07) is 14.3.